The van der Waals surface area contributed by atoms with Crippen molar-refractivity contribution >= 4 is 35.2 Å². The molecule has 2 aromatic carbocycles. The third kappa shape index (κ3) is 7.22. The van der Waals surface area contributed by atoms with E-state index in [1.807, 2.05) is 57.2 Å². The van der Waals surface area contributed by atoms with Crippen molar-refractivity contribution in [2.75, 3.05) is 31.6 Å². The molecule has 3 heterocycles. The number of ether oxygens (including phenoxy) is 3. The predicted molar refractivity (Wildman–Crippen MR) is 176 cm³/mol. The normalized spacial score (nSPS) is 16.0. The second-order valence-electron chi connectivity index (χ2n) is 12.9. The summed E-state index contributed by atoms with van der Waals surface area (Å²) in [7, 11) is 1.59. The van der Waals surface area contributed by atoms with Crippen LogP contribution in [0.15, 0.2) is 48.7 Å². The second kappa shape index (κ2) is 13.2. The van der Waals surface area contributed by atoms with Gasteiger partial charge in [0, 0.05) is 23.7 Å². The lowest BCUT2D eigenvalue weighted by molar-refractivity contribution is -0.138. The van der Waals surface area contributed by atoms with Crippen molar-refractivity contribution < 1.29 is 28.6 Å². The lowest BCUT2D eigenvalue weighted by atomic mass is 9.95. The average molecular weight is 649 g/mol. The number of hydrogen-bond acceptors (Lipinski definition) is 7. The smallest absolute Gasteiger partial charge is 0.410 e. The molecular formula is C35H41ClN4O6. The summed E-state index contributed by atoms with van der Waals surface area (Å²) in [5.74, 6) is 0.943. The van der Waals surface area contributed by atoms with Crippen LogP contribution < -0.4 is 14.4 Å². The van der Waals surface area contributed by atoms with Crippen molar-refractivity contribution in [2.24, 2.45) is 0 Å². The van der Waals surface area contributed by atoms with Gasteiger partial charge in [0.2, 0.25) is 11.8 Å². The van der Waals surface area contributed by atoms with Crippen LogP contribution in [-0.4, -0.2) is 71.1 Å². The van der Waals surface area contributed by atoms with Crippen LogP contribution in [-0.2, 0) is 27.3 Å². The van der Waals surface area contributed by atoms with Crippen LogP contribution >= 0.6 is 11.6 Å². The molecule has 1 aromatic heterocycles. The van der Waals surface area contributed by atoms with Crippen molar-refractivity contribution in [2.45, 2.75) is 72.3 Å². The van der Waals surface area contributed by atoms with Gasteiger partial charge in [0.1, 0.15) is 12.1 Å². The summed E-state index contributed by atoms with van der Waals surface area (Å²) in [6, 6.07) is 12.8. The lowest BCUT2D eigenvalue weighted by Crippen LogP contribution is -2.53. The molecule has 5 rings (SSSR count). The van der Waals surface area contributed by atoms with E-state index < -0.39 is 11.7 Å². The Morgan fingerprint density at radius 3 is 2.35 bits per heavy atom. The van der Waals surface area contributed by atoms with Crippen molar-refractivity contribution in [3.8, 4) is 22.6 Å². The molecule has 2 aliphatic heterocycles. The first-order chi connectivity index (χ1) is 21.7. The van der Waals surface area contributed by atoms with E-state index in [1.54, 1.807) is 49.9 Å². The molecule has 0 N–H and O–H groups in total. The van der Waals surface area contributed by atoms with Crippen LogP contribution in [0.25, 0.3) is 11.1 Å². The van der Waals surface area contributed by atoms with Gasteiger partial charge in [-0.2, -0.15) is 0 Å². The zero-order valence-corrected chi connectivity index (χ0v) is 28.2. The number of nitrogens with zero attached hydrogens (tertiary/aromatic N) is 4. The highest BCUT2D eigenvalue weighted by molar-refractivity contribution is 6.30. The minimum atomic E-state index is -0.651. The number of fused-ring (bicyclic) bond motifs is 1. The highest BCUT2D eigenvalue weighted by Crippen LogP contribution is 2.39. The predicted octanol–water partition coefficient (Wildman–Crippen LogP) is 6.43. The first-order valence-electron chi connectivity index (χ1n) is 15.4. The number of pyridine rings is 1. The highest BCUT2D eigenvalue weighted by Gasteiger charge is 2.34. The fraction of sp³-hybridized carbons (Fsp3) is 0.429. The Balaban J connectivity index is 1.46. The van der Waals surface area contributed by atoms with E-state index in [2.05, 4.69) is 0 Å². The number of rotatable bonds is 7. The van der Waals surface area contributed by atoms with E-state index in [0.717, 1.165) is 22.3 Å². The summed E-state index contributed by atoms with van der Waals surface area (Å²) in [6.07, 6.45) is 1.33. The summed E-state index contributed by atoms with van der Waals surface area (Å²) in [5.41, 5.74) is 4.07. The summed E-state index contributed by atoms with van der Waals surface area (Å²) in [6.45, 7) is 12.1. The van der Waals surface area contributed by atoms with Crippen molar-refractivity contribution in [1.82, 2.24) is 14.8 Å². The van der Waals surface area contributed by atoms with Gasteiger partial charge >= 0.3 is 6.09 Å². The van der Waals surface area contributed by atoms with Gasteiger partial charge in [-0.15, -0.1) is 0 Å². The molecule has 1 saturated heterocycles. The van der Waals surface area contributed by atoms with Crippen LogP contribution in [0.3, 0.4) is 0 Å². The molecule has 0 radical (unpaired) electrons. The van der Waals surface area contributed by atoms with Gasteiger partial charge in [0.05, 0.1) is 49.8 Å². The van der Waals surface area contributed by atoms with Crippen molar-refractivity contribution in [3.05, 3.63) is 70.5 Å². The SMILES string of the molecule is COc1cc2c(cc1OC(C)C)CN(c1cnc(C(C)N3CCN(C(=O)OC(C)(C)C)CC3=O)cc1-c1cccc(Cl)c1)C(=O)C2. The highest BCUT2D eigenvalue weighted by atomic mass is 35.5. The number of benzene rings is 2. The van der Waals surface area contributed by atoms with Crippen LogP contribution in [0.2, 0.25) is 5.02 Å². The number of halogens is 1. The maximum absolute atomic E-state index is 13.7. The van der Waals surface area contributed by atoms with Gasteiger partial charge in [-0.1, -0.05) is 23.7 Å². The van der Waals surface area contributed by atoms with E-state index in [4.69, 9.17) is 30.8 Å². The fourth-order valence-electron chi connectivity index (χ4n) is 5.73. The number of carbonyl (C=O) groups is 3. The first-order valence-corrected chi connectivity index (χ1v) is 15.8. The molecule has 3 aromatic rings. The number of piperazine rings is 1. The Bertz CT molecular complexity index is 1650. The molecule has 10 nitrogen and oxygen atoms in total. The van der Waals surface area contributed by atoms with Gasteiger partial charge in [-0.05, 0) is 88.6 Å². The molecule has 1 fully saturated rings. The molecule has 11 heteroatoms. The van der Waals surface area contributed by atoms with Gasteiger partial charge < -0.3 is 24.0 Å². The fourth-order valence-corrected chi connectivity index (χ4v) is 5.92. The largest absolute Gasteiger partial charge is 0.493 e. The van der Waals surface area contributed by atoms with Crippen LogP contribution in [0, 0.1) is 0 Å². The van der Waals surface area contributed by atoms with Gasteiger partial charge in [0.15, 0.2) is 11.5 Å². The topological polar surface area (TPSA) is 102 Å². The number of methoxy groups -OCH3 is 1. The molecule has 1 unspecified atom stereocenters. The van der Waals surface area contributed by atoms with Gasteiger partial charge in [-0.25, -0.2) is 4.79 Å². The Kier molecular flexibility index (Phi) is 9.49. The zero-order chi connectivity index (χ0) is 33.3. The minimum absolute atomic E-state index is 0.0476. The van der Waals surface area contributed by atoms with Crippen molar-refractivity contribution in [3.63, 3.8) is 0 Å². The lowest BCUT2D eigenvalue weighted by Gasteiger charge is -2.38. The van der Waals surface area contributed by atoms with E-state index in [9.17, 15) is 14.4 Å². The third-order valence-electron chi connectivity index (χ3n) is 7.95. The molecule has 3 amide bonds. The van der Waals surface area contributed by atoms with Gasteiger partial charge in [-0.3, -0.25) is 19.5 Å². The molecule has 0 bridgehead atoms. The van der Waals surface area contributed by atoms with Crippen LogP contribution in [0.4, 0.5) is 10.5 Å². The molecule has 0 spiro atoms. The summed E-state index contributed by atoms with van der Waals surface area (Å²) >= 11 is 6.42. The number of carbonyl (C=O) groups excluding carboxylic acids is 3. The minimum Gasteiger partial charge on any atom is -0.493 e. The molecule has 2 aliphatic rings. The third-order valence-corrected chi connectivity index (χ3v) is 8.19. The molecule has 244 valence electrons. The molecule has 1 atom stereocenters. The molecular weight excluding hydrogens is 608 g/mol. The number of aromatic nitrogens is 1. The van der Waals surface area contributed by atoms with E-state index >= 15 is 0 Å². The molecule has 46 heavy (non-hydrogen) atoms. The Morgan fingerprint density at radius 2 is 1.70 bits per heavy atom. The maximum Gasteiger partial charge on any atom is 0.410 e. The van der Waals surface area contributed by atoms with Gasteiger partial charge in [0.25, 0.3) is 0 Å². The van der Waals surface area contributed by atoms with Crippen LogP contribution in [0.5, 0.6) is 11.5 Å². The van der Waals surface area contributed by atoms with E-state index in [0.29, 0.717) is 47.5 Å². The summed E-state index contributed by atoms with van der Waals surface area (Å²) in [5, 5.41) is 0.557. The summed E-state index contributed by atoms with van der Waals surface area (Å²) < 4.78 is 17.0. The summed E-state index contributed by atoms with van der Waals surface area (Å²) in [4.78, 5) is 49.2. The average Bonchev–Trinajstić information content (AvgIpc) is 2.99. The Morgan fingerprint density at radius 1 is 0.957 bits per heavy atom. The Hall–Kier alpha value is -4.31. The standard InChI is InChI=1S/C35H41ClN4O6/c1-21(2)45-31-15-25-19-40(32(41)16-24(25)14-30(31)44-7)29-18-37-28(17-27(29)23-9-8-10-26(36)13-23)22(3)39-12-11-38(20-33(39)42)34(43)46-35(4,5)6/h8-10,13-15,17-18,21-22H,11-12,16,19-20H2,1-7H3. The number of amides is 3. The number of anilines is 1. The van der Waals surface area contributed by atoms with E-state index in [1.165, 1.54) is 4.90 Å². The zero-order valence-electron chi connectivity index (χ0n) is 27.4. The molecule has 0 saturated carbocycles. The maximum atomic E-state index is 13.7. The van der Waals surface area contributed by atoms with Crippen LogP contribution in [0.1, 0.15) is 64.4 Å². The quantitative estimate of drug-likeness (QED) is 0.291. The second-order valence-corrected chi connectivity index (χ2v) is 13.3. The Labute approximate surface area is 275 Å². The molecule has 0 aliphatic carbocycles. The monoisotopic (exact) mass is 648 g/mol. The van der Waals surface area contributed by atoms with Crippen molar-refractivity contribution in [1.29, 1.82) is 0 Å². The van der Waals surface area contributed by atoms with E-state index in [-0.39, 0.29) is 36.9 Å². The first kappa shape index (κ1) is 33.1. The number of hydrogen-bond donors (Lipinski definition) is 0.